The monoisotopic (exact) mass is 361 g/mol. The van der Waals surface area contributed by atoms with Gasteiger partial charge < -0.3 is 10.4 Å². The van der Waals surface area contributed by atoms with Crippen molar-refractivity contribution in [3.63, 3.8) is 0 Å². The van der Waals surface area contributed by atoms with E-state index in [1.54, 1.807) is 12.1 Å². The molecule has 2 amide bonds. The van der Waals surface area contributed by atoms with Crippen molar-refractivity contribution in [1.82, 2.24) is 10.7 Å². The van der Waals surface area contributed by atoms with Gasteiger partial charge in [-0.15, -0.1) is 0 Å². The minimum atomic E-state index is -0.862. The van der Waals surface area contributed by atoms with Crippen molar-refractivity contribution >= 4 is 28.8 Å². The van der Waals surface area contributed by atoms with Gasteiger partial charge in [-0.05, 0) is 28.8 Å². The van der Waals surface area contributed by atoms with Crippen LogP contribution >= 0.6 is 0 Å². The summed E-state index contributed by atoms with van der Waals surface area (Å²) in [5.74, 6) is -1.58. The highest BCUT2D eigenvalue weighted by atomic mass is 16.3. The van der Waals surface area contributed by atoms with E-state index in [0.29, 0.717) is 18.5 Å². The Kier molecular flexibility index (Phi) is 5.79. The van der Waals surface area contributed by atoms with Crippen LogP contribution in [0.3, 0.4) is 0 Å². The lowest BCUT2D eigenvalue weighted by molar-refractivity contribution is -0.139. The summed E-state index contributed by atoms with van der Waals surface area (Å²) in [4.78, 5) is 23.6. The molecule has 0 aliphatic heterocycles. The van der Waals surface area contributed by atoms with Crippen LogP contribution in [0.4, 0.5) is 0 Å². The summed E-state index contributed by atoms with van der Waals surface area (Å²) in [6.45, 7) is 0.351. The molecule has 0 bridgehead atoms. The van der Waals surface area contributed by atoms with Crippen LogP contribution in [0, 0.1) is 0 Å². The molecule has 0 aromatic heterocycles. The number of fused-ring (bicyclic) bond motifs is 1. The lowest BCUT2D eigenvalue weighted by atomic mass is 10.0. The maximum Gasteiger partial charge on any atom is 0.329 e. The normalized spacial score (nSPS) is 10.8. The van der Waals surface area contributed by atoms with E-state index < -0.39 is 11.8 Å². The first-order valence-corrected chi connectivity index (χ1v) is 8.51. The molecule has 3 N–H and O–H groups in total. The highest BCUT2D eigenvalue weighted by Crippen LogP contribution is 2.25. The summed E-state index contributed by atoms with van der Waals surface area (Å²) in [6, 6.07) is 20.5. The first-order chi connectivity index (χ1) is 13.1. The van der Waals surface area contributed by atoms with Crippen LogP contribution in [0.25, 0.3) is 10.8 Å². The van der Waals surface area contributed by atoms with Crippen molar-refractivity contribution in [1.29, 1.82) is 0 Å². The SMILES string of the molecule is O=C(NCCc1ccccc1)C(=O)NN=Cc1c(O)ccc2ccccc12. The first-order valence-electron chi connectivity index (χ1n) is 8.51. The highest BCUT2D eigenvalue weighted by molar-refractivity contribution is 6.35. The lowest BCUT2D eigenvalue weighted by Crippen LogP contribution is -2.38. The molecule has 0 spiro atoms. The van der Waals surface area contributed by atoms with E-state index in [1.807, 2.05) is 54.6 Å². The second-order valence-corrected chi connectivity index (χ2v) is 5.91. The smallest absolute Gasteiger partial charge is 0.329 e. The summed E-state index contributed by atoms with van der Waals surface area (Å²) in [6.07, 6.45) is 1.96. The van der Waals surface area contributed by atoms with Gasteiger partial charge in [-0.1, -0.05) is 60.7 Å². The van der Waals surface area contributed by atoms with Crippen molar-refractivity contribution in [2.45, 2.75) is 6.42 Å². The molecule has 6 heteroatoms. The molecule has 0 aliphatic carbocycles. The fourth-order valence-corrected chi connectivity index (χ4v) is 2.67. The van der Waals surface area contributed by atoms with E-state index in [1.165, 1.54) is 6.21 Å². The fourth-order valence-electron chi connectivity index (χ4n) is 2.67. The van der Waals surface area contributed by atoms with Gasteiger partial charge in [0, 0.05) is 12.1 Å². The zero-order valence-electron chi connectivity index (χ0n) is 14.6. The largest absolute Gasteiger partial charge is 0.507 e. The Balaban J connectivity index is 1.56. The summed E-state index contributed by atoms with van der Waals surface area (Å²) in [5.41, 5.74) is 3.72. The number of nitrogens with zero attached hydrogens (tertiary/aromatic N) is 1. The van der Waals surface area contributed by atoms with Crippen LogP contribution in [0.2, 0.25) is 0 Å². The van der Waals surface area contributed by atoms with E-state index in [2.05, 4.69) is 15.8 Å². The molecule has 3 aromatic rings. The zero-order valence-corrected chi connectivity index (χ0v) is 14.6. The maximum atomic E-state index is 11.8. The molecule has 3 rings (SSSR count). The number of hydrogen-bond donors (Lipinski definition) is 3. The van der Waals surface area contributed by atoms with Gasteiger partial charge in [0.15, 0.2) is 0 Å². The lowest BCUT2D eigenvalue weighted by Gasteiger charge is -2.05. The first kappa shape index (κ1) is 18.1. The molecule has 6 nitrogen and oxygen atoms in total. The summed E-state index contributed by atoms with van der Waals surface area (Å²) in [7, 11) is 0. The number of nitrogens with one attached hydrogen (secondary N) is 2. The number of rotatable bonds is 5. The predicted molar refractivity (Wildman–Crippen MR) is 105 cm³/mol. The summed E-state index contributed by atoms with van der Waals surface area (Å²) in [5, 5.41) is 18.1. The van der Waals surface area contributed by atoms with Gasteiger partial charge in [-0.3, -0.25) is 9.59 Å². The molecule has 0 radical (unpaired) electrons. The molecule has 136 valence electrons. The second-order valence-electron chi connectivity index (χ2n) is 5.91. The number of phenolic OH excluding ortho intramolecular Hbond substituents is 1. The van der Waals surface area contributed by atoms with E-state index in [0.717, 1.165) is 16.3 Å². The Morgan fingerprint density at radius 2 is 1.67 bits per heavy atom. The van der Waals surface area contributed by atoms with Crippen molar-refractivity contribution in [2.75, 3.05) is 6.54 Å². The van der Waals surface area contributed by atoms with Crippen LogP contribution in [0.1, 0.15) is 11.1 Å². The fraction of sp³-hybridized carbons (Fsp3) is 0.0952. The van der Waals surface area contributed by atoms with Crippen LogP contribution < -0.4 is 10.7 Å². The van der Waals surface area contributed by atoms with Crippen molar-refractivity contribution in [2.24, 2.45) is 5.10 Å². The number of aromatic hydroxyl groups is 1. The molecular weight excluding hydrogens is 342 g/mol. The number of benzene rings is 3. The molecule has 0 heterocycles. The van der Waals surface area contributed by atoms with Gasteiger partial charge >= 0.3 is 11.8 Å². The average Bonchev–Trinajstić information content (AvgIpc) is 2.70. The van der Waals surface area contributed by atoms with Gasteiger partial charge in [-0.2, -0.15) is 5.10 Å². The Morgan fingerprint density at radius 3 is 2.48 bits per heavy atom. The Bertz CT molecular complexity index is 984. The zero-order chi connectivity index (χ0) is 19.1. The molecular formula is C21H19N3O3. The summed E-state index contributed by atoms with van der Waals surface area (Å²) < 4.78 is 0. The quantitative estimate of drug-likeness (QED) is 0.370. The highest BCUT2D eigenvalue weighted by Gasteiger charge is 2.12. The van der Waals surface area contributed by atoms with E-state index in [-0.39, 0.29) is 5.75 Å². The van der Waals surface area contributed by atoms with Crippen LogP contribution in [0.5, 0.6) is 5.75 Å². The van der Waals surface area contributed by atoms with Gasteiger partial charge in [0.05, 0.1) is 6.21 Å². The van der Waals surface area contributed by atoms with Crippen LogP contribution in [-0.4, -0.2) is 29.7 Å². The van der Waals surface area contributed by atoms with E-state index in [9.17, 15) is 14.7 Å². The number of hydrogen-bond acceptors (Lipinski definition) is 4. The minimum absolute atomic E-state index is 0.0408. The number of hydrazone groups is 1. The van der Waals surface area contributed by atoms with E-state index in [4.69, 9.17) is 0 Å². The van der Waals surface area contributed by atoms with Crippen molar-refractivity contribution in [3.8, 4) is 5.75 Å². The van der Waals surface area contributed by atoms with Gasteiger partial charge in [0.25, 0.3) is 0 Å². The Morgan fingerprint density at radius 1 is 0.926 bits per heavy atom. The molecule has 0 fully saturated rings. The third-order valence-corrected chi connectivity index (χ3v) is 4.06. The number of phenols is 1. The van der Waals surface area contributed by atoms with Gasteiger partial charge in [-0.25, -0.2) is 5.43 Å². The molecule has 3 aromatic carbocycles. The molecule has 0 aliphatic rings. The molecule has 0 saturated heterocycles. The van der Waals surface area contributed by atoms with Crippen molar-refractivity contribution < 1.29 is 14.7 Å². The van der Waals surface area contributed by atoms with Gasteiger partial charge in [0.2, 0.25) is 0 Å². The Labute approximate surface area is 156 Å². The number of carbonyl (C=O) groups excluding carboxylic acids is 2. The second kappa shape index (κ2) is 8.62. The average molecular weight is 361 g/mol. The van der Waals surface area contributed by atoms with Crippen LogP contribution in [0.15, 0.2) is 71.8 Å². The van der Waals surface area contributed by atoms with E-state index >= 15 is 0 Å². The topological polar surface area (TPSA) is 90.8 Å². The minimum Gasteiger partial charge on any atom is -0.507 e. The van der Waals surface area contributed by atoms with Gasteiger partial charge in [0.1, 0.15) is 5.75 Å². The molecule has 0 atom stereocenters. The predicted octanol–water partition coefficient (Wildman–Crippen LogP) is 2.35. The third-order valence-electron chi connectivity index (χ3n) is 4.06. The maximum absolute atomic E-state index is 11.8. The van der Waals surface area contributed by atoms with Crippen molar-refractivity contribution in [3.05, 3.63) is 77.9 Å². The molecule has 0 unspecified atom stereocenters. The third kappa shape index (κ3) is 4.70. The molecule has 27 heavy (non-hydrogen) atoms. The standard InChI is InChI=1S/C21H19N3O3/c25-19-11-10-16-8-4-5-9-17(16)18(19)14-23-24-21(27)20(26)22-13-12-15-6-2-1-3-7-15/h1-11,14,25H,12-13H2,(H,22,26)(H,24,27). The number of amides is 2. The molecule has 0 saturated carbocycles. The Hall–Kier alpha value is -3.67. The van der Waals surface area contributed by atoms with Crippen LogP contribution in [-0.2, 0) is 16.0 Å². The number of carbonyl (C=O) groups is 2. The summed E-state index contributed by atoms with van der Waals surface area (Å²) >= 11 is 0.